The van der Waals surface area contributed by atoms with Gasteiger partial charge in [-0.15, -0.1) is 5.10 Å². The quantitative estimate of drug-likeness (QED) is 0.457. The molecule has 1 unspecified atom stereocenters. The zero-order valence-electron chi connectivity index (χ0n) is 21.5. The van der Waals surface area contributed by atoms with Crippen molar-refractivity contribution in [2.45, 2.75) is 64.1 Å². The number of hydrogen-bond donors (Lipinski definition) is 1. The molecule has 7 nitrogen and oxygen atoms in total. The van der Waals surface area contributed by atoms with Crippen molar-refractivity contribution in [3.05, 3.63) is 72.6 Å². The number of halogens is 1. The van der Waals surface area contributed by atoms with Gasteiger partial charge in [-0.25, -0.2) is 13.9 Å². The standard InChI is InChI=1S/C29H34FN5O2/c1-29(2,3)37-28(36)33-24-10-11-25-21(16-24)17-27(35-14-13-32-34-35)26(25)12-9-23-8-7-20(18-31-23)19-5-4-6-22(30)15-19/h4-9,12-15,18,21,24-27H,10-11,16-17H2,1-3H3,(H,33,36)/b12-9+/t21-,24?,25+,26-,27+/m0/s1. The van der Waals surface area contributed by atoms with Crippen molar-refractivity contribution in [1.82, 2.24) is 25.3 Å². The van der Waals surface area contributed by atoms with E-state index in [1.807, 2.05) is 49.8 Å². The first kappa shape index (κ1) is 25.1. The molecule has 0 spiro atoms. The van der Waals surface area contributed by atoms with Gasteiger partial charge in [0.2, 0.25) is 0 Å². The lowest BCUT2D eigenvalue weighted by Gasteiger charge is -2.34. The van der Waals surface area contributed by atoms with E-state index in [9.17, 15) is 9.18 Å². The number of allylic oxidation sites excluding steroid dienone is 1. The van der Waals surface area contributed by atoms with E-state index in [4.69, 9.17) is 4.74 Å². The molecule has 0 saturated heterocycles. The summed E-state index contributed by atoms with van der Waals surface area (Å²) in [4.78, 5) is 16.9. The lowest BCUT2D eigenvalue weighted by atomic mass is 9.75. The highest BCUT2D eigenvalue weighted by molar-refractivity contribution is 5.68. The van der Waals surface area contributed by atoms with E-state index in [0.717, 1.165) is 42.5 Å². The number of ether oxygens (including phenoxy) is 1. The lowest BCUT2D eigenvalue weighted by Crippen LogP contribution is -2.42. The van der Waals surface area contributed by atoms with Crippen LogP contribution in [0.15, 0.2) is 61.1 Å². The predicted octanol–water partition coefficient (Wildman–Crippen LogP) is 6.06. The highest BCUT2D eigenvalue weighted by Gasteiger charge is 2.46. The minimum absolute atomic E-state index is 0.118. The highest BCUT2D eigenvalue weighted by Crippen LogP contribution is 2.51. The van der Waals surface area contributed by atoms with Gasteiger partial charge in [0, 0.05) is 29.9 Å². The molecule has 1 amide bonds. The number of carbonyl (C=O) groups excluding carboxylic acids is 1. The molecule has 0 radical (unpaired) electrons. The zero-order valence-corrected chi connectivity index (χ0v) is 21.5. The summed E-state index contributed by atoms with van der Waals surface area (Å²) < 4.78 is 21.0. The van der Waals surface area contributed by atoms with Crippen molar-refractivity contribution in [3.63, 3.8) is 0 Å². The molecule has 2 fully saturated rings. The molecule has 2 saturated carbocycles. The molecule has 2 aliphatic carbocycles. The molecular weight excluding hydrogens is 469 g/mol. The van der Waals surface area contributed by atoms with Crippen molar-refractivity contribution in [2.75, 3.05) is 0 Å². The Morgan fingerprint density at radius 1 is 1.16 bits per heavy atom. The van der Waals surface area contributed by atoms with Crippen LogP contribution >= 0.6 is 0 Å². The number of pyridine rings is 1. The average molecular weight is 504 g/mol. The van der Waals surface area contributed by atoms with Crippen molar-refractivity contribution in [3.8, 4) is 11.1 Å². The van der Waals surface area contributed by atoms with Crippen LogP contribution in [-0.2, 0) is 4.74 Å². The molecule has 5 rings (SSSR count). The van der Waals surface area contributed by atoms with Crippen molar-refractivity contribution in [2.24, 2.45) is 17.8 Å². The summed E-state index contributed by atoms with van der Waals surface area (Å²) in [6, 6.07) is 10.8. The predicted molar refractivity (Wildman–Crippen MR) is 140 cm³/mol. The molecule has 3 aromatic rings. The fraction of sp³-hybridized carbons (Fsp3) is 0.448. The lowest BCUT2D eigenvalue weighted by molar-refractivity contribution is 0.0474. The largest absolute Gasteiger partial charge is 0.444 e. The normalized spacial score (nSPS) is 25.7. The van der Waals surface area contributed by atoms with E-state index >= 15 is 0 Å². The third-order valence-electron chi connectivity index (χ3n) is 7.46. The summed E-state index contributed by atoms with van der Waals surface area (Å²) in [5.74, 6) is 1.00. The number of nitrogens with zero attached hydrogens (tertiary/aromatic N) is 4. The van der Waals surface area contributed by atoms with Gasteiger partial charge in [0.15, 0.2) is 0 Å². The molecule has 5 atom stereocenters. The van der Waals surface area contributed by atoms with Crippen LogP contribution in [0, 0.1) is 23.6 Å². The van der Waals surface area contributed by atoms with E-state index in [0.29, 0.717) is 17.8 Å². The third kappa shape index (κ3) is 6.06. The van der Waals surface area contributed by atoms with Crippen molar-refractivity contribution in [1.29, 1.82) is 0 Å². The first-order chi connectivity index (χ1) is 17.7. The van der Waals surface area contributed by atoms with Gasteiger partial charge >= 0.3 is 6.09 Å². The van der Waals surface area contributed by atoms with Crippen LogP contribution in [0.3, 0.4) is 0 Å². The van der Waals surface area contributed by atoms with Gasteiger partial charge in [-0.1, -0.05) is 29.5 Å². The summed E-state index contributed by atoms with van der Waals surface area (Å²) in [5.41, 5.74) is 2.05. The molecule has 2 aliphatic rings. The maximum Gasteiger partial charge on any atom is 0.407 e. The Morgan fingerprint density at radius 3 is 2.73 bits per heavy atom. The molecule has 0 bridgehead atoms. The molecule has 194 valence electrons. The molecule has 2 heterocycles. The van der Waals surface area contributed by atoms with E-state index in [-0.39, 0.29) is 24.0 Å². The molecule has 1 N–H and O–H groups in total. The Hall–Kier alpha value is -3.55. The van der Waals surface area contributed by atoms with Gasteiger partial charge in [0.05, 0.1) is 17.9 Å². The minimum atomic E-state index is -0.508. The summed E-state index contributed by atoms with van der Waals surface area (Å²) in [7, 11) is 0. The van der Waals surface area contributed by atoms with Crippen molar-refractivity contribution >= 4 is 12.2 Å². The van der Waals surface area contributed by atoms with E-state index in [1.165, 1.54) is 12.1 Å². The molecule has 2 aromatic heterocycles. The van der Waals surface area contributed by atoms with Gasteiger partial charge < -0.3 is 10.1 Å². The number of alkyl carbamates (subject to hydrolysis) is 1. The number of nitrogens with one attached hydrogen (secondary N) is 1. The van der Waals surface area contributed by atoms with Crippen LogP contribution in [0.4, 0.5) is 9.18 Å². The van der Waals surface area contributed by atoms with Crippen LogP contribution in [0.25, 0.3) is 17.2 Å². The van der Waals surface area contributed by atoms with Crippen LogP contribution < -0.4 is 5.32 Å². The minimum Gasteiger partial charge on any atom is -0.444 e. The van der Waals surface area contributed by atoms with Gasteiger partial charge in [-0.3, -0.25) is 4.98 Å². The second kappa shape index (κ2) is 10.4. The Morgan fingerprint density at radius 2 is 2.03 bits per heavy atom. The fourth-order valence-electron chi connectivity index (χ4n) is 5.93. The van der Waals surface area contributed by atoms with Gasteiger partial charge in [-0.05, 0) is 88.1 Å². The summed E-state index contributed by atoms with van der Waals surface area (Å²) in [6.45, 7) is 5.64. The SMILES string of the molecule is CC(C)(C)OC(=O)NC1CC[C@@H]2[C@@H](C1)C[C@@H](n1ccnn1)[C@H]2/C=C/c1ccc(-c2cccc(F)c2)cn1. The number of aromatic nitrogens is 4. The smallest absolute Gasteiger partial charge is 0.407 e. The summed E-state index contributed by atoms with van der Waals surface area (Å²) >= 11 is 0. The van der Waals surface area contributed by atoms with Gasteiger partial charge in [-0.2, -0.15) is 0 Å². The van der Waals surface area contributed by atoms with Crippen molar-refractivity contribution < 1.29 is 13.9 Å². The Bertz CT molecular complexity index is 1240. The fourth-order valence-corrected chi connectivity index (χ4v) is 5.93. The maximum absolute atomic E-state index is 13.6. The first-order valence-corrected chi connectivity index (χ1v) is 13.0. The highest BCUT2D eigenvalue weighted by atomic mass is 19.1. The monoisotopic (exact) mass is 503 g/mol. The number of hydrogen-bond acceptors (Lipinski definition) is 5. The number of carbonyl (C=O) groups is 1. The number of rotatable bonds is 5. The number of benzene rings is 1. The molecule has 8 heteroatoms. The van der Waals surface area contributed by atoms with E-state index < -0.39 is 5.60 Å². The van der Waals surface area contributed by atoms with E-state index in [2.05, 4.69) is 32.8 Å². The van der Waals surface area contributed by atoms with Crippen LogP contribution in [-0.4, -0.2) is 37.7 Å². The topological polar surface area (TPSA) is 81.9 Å². The van der Waals surface area contributed by atoms with Gasteiger partial charge in [0.1, 0.15) is 11.4 Å². The van der Waals surface area contributed by atoms with E-state index in [1.54, 1.807) is 18.5 Å². The maximum atomic E-state index is 13.6. The number of amides is 1. The zero-order chi connectivity index (χ0) is 26.0. The molecule has 37 heavy (non-hydrogen) atoms. The van der Waals surface area contributed by atoms with Crippen LogP contribution in [0.1, 0.15) is 58.2 Å². The Balaban J connectivity index is 1.29. The van der Waals surface area contributed by atoms with Crippen LogP contribution in [0.5, 0.6) is 0 Å². The Kier molecular flexibility index (Phi) is 7.09. The average Bonchev–Trinajstić information content (AvgIpc) is 3.49. The molecule has 0 aliphatic heterocycles. The molecular formula is C29H34FN5O2. The summed E-state index contributed by atoms with van der Waals surface area (Å²) in [5, 5.41) is 11.4. The second-order valence-corrected chi connectivity index (χ2v) is 11.2. The van der Waals surface area contributed by atoms with Gasteiger partial charge in [0.25, 0.3) is 0 Å². The first-order valence-electron chi connectivity index (χ1n) is 13.0. The number of fused-ring (bicyclic) bond motifs is 1. The Labute approximate surface area is 217 Å². The second-order valence-electron chi connectivity index (χ2n) is 11.2. The van der Waals surface area contributed by atoms with Crippen LogP contribution in [0.2, 0.25) is 0 Å². The molecule has 1 aromatic carbocycles. The third-order valence-corrected chi connectivity index (χ3v) is 7.46. The summed E-state index contributed by atoms with van der Waals surface area (Å²) in [6.07, 6.45) is 13.3.